The lowest BCUT2D eigenvalue weighted by Crippen LogP contribution is -2.41. The highest BCUT2D eigenvalue weighted by Crippen LogP contribution is 2.44. The molecule has 0 radical (unpaired) electrons. The van der Waals surface area contributed by atoms with Gasteiger partial charge in [0.1, 0.15) is 17.1 Å². The van der Waals surface area contributed by atoms with Crippen LogP contribution >= 0.6 is 0 Å². The van der Waals surface area contributed by atoms with Crippen LogP contribution < -0.4 is 14.8 Å². The zero-order valence-corrected chi connectivity index (χ0v) is 28.2. The summed E-state index contributed by atoms with van der Waals surface area (Å²) >= 11 is 0. The topological polar surface area (TPSA) is 108 Å². The number of amides is 2. The van der Waals surface area contributed by atoms with Gasteiger partial charge in [0.15, 0.2) is 11.5 Å². The Morgan fingerprint density at radius 3 is 2.31 bits per heavy atom. The Bertz CT molecular complexity index is 1470. The number of hydrogen-bond donors (Lipinski definition) is 1. The van der Waals surface area contributed by atoms with Crippen molar-refractivity contribution in [2.75, 3.05) is 26.3 Å². The molecule has 45 heavy (non-hydrogen) atoms. The van der Waals surface area contributed by atoms with E-state index < -0.39 is 5.60 Å². The average Bonchev–Trinajstić information content (AvgIpc) is 3.60. The number of benzene rings is 1. The van der Waals surface area contributed by atoms with Gasteiger partial charge in [-0.3, -0.25) is 4.79 Å². The SMILES string of the molecule is CCCCOc1cc(OCCCC)c(C(C)C)cc1-c1onc(C(=O)NCC)c1-c1cc2n(c1)CCN(C(=O)OC(C)(C)C)C2. The second-order valence-corrected chi connectivity index (χ2v) is 12.9. The molecule has 0 aliphatic carbocycles. The lowest BCUT2D eigenvalue weighted by molar-refractivity contribution is 0.0199. The van der Waals surface area contributed by atoms with Gasteiger partial charge in [-0.2, -0.15) is 0 Å². The number of unbranched alkanes of at least 4 members (excludes halogenated alkanes) is 2. The maximum Gasteiger partial charge on any atom is 0.410 e. The van der Waals surface area contributed by atoms with Crippen molar-refractivity contribution in [1.29, 1.82) is 0 Å². The predicted octanol–water partition coefficient (Wildman–Crippen LogP) is 7.79. The Balaban J connectivity index is 1.83. The van der Waals surface area contributed by atoms with Crippen molar-refractivity contribution < 1.29 is 28.3 Å². The number of rotatable bonds is 13. The van der Waals surface area contributed by atoms with Crippen molar-refractivity contribution in [3.63, 3.8) is 0 Å². The molecule has 1 aliphatic heterocycles. The van der Waals surface area contributed by atoms with Gasteiger partial charge in [-0.05, 0) is 64.2 Å². The number of fused-ring (bicyclic) bond motifs is 1. The van der Waals surface area contributed by atoms with Crippen LogP contribution in [0, 0.1) is 0 Å². The minimum Gasteiger partial charge on any atom is -0.493 e. The van der Waals surface area contributed by atoms with E-state index in [0.29, 0.717) is 56.5 Å². The Morgan fingerprint density at radius 2 is 1.69 bits per heavy atom. The summed E-state index contributed by atoms with van der Waals surface area (Å²) < 4.78 is 26.4. The summed E-state index contributed by atoms with van der Waals surface area (Å²) in [6.45, 7) is 19.1. The molecule has 1 N–H and O–H groups in total. The number of nitrogens with zero attached hydrogens (tertiary/aromatic N) is 3. The highest BCUT2D eigenvalue weighted by atomic mass is 16.6. The number of aromatic nitrogens is 2. The zero-order valence-electron chi connectivity index (χ0n) is 28.2. The molecule has 246 valence electrons. The molecule has 0 bridgehead atoms. The van der Waals surface area contributed by atoms with Crippen molar-refractivity contribution in [3.05, 3.63) is 41.3 Å². The highest BCUT2D eigenvalue weighted by Gasteiger charge is 2.31. The minimum atomic E-state index is -0.580. The van der Waals surface area contributed by atoms with Crippen molar-refractivity contribution in [1.82, 2.24) is 19.9 Å². The van der Waals surface area contributed by atoms with Gasteiger partial charge in [0, 0.05) is 43.2 Å². The number of ether oxygens (including phenoxy) is 3. The number of hydrogen-bond acceptors (Lipinski definition) is 7. The summed E-state index contributed by atoms with van der Waals surface area (Å²) in [7, 11) is 0. The summed E-state index contributed by atoms with van der Waals surface area (Å²) in [5.74, 6) is 1.72. The van der Waals surface area contributed by atoms with E-state index in [9.17, 15) is 9.59 Å². The van der Waals surface area contributed by atoms with Gasteiger partial charge in [-0.15, -0.1) is 0 Å². The van der Waals surface area contributed by atoms with Crippen molar-refractivity contribution in [2.24, 2.45) is 0 Å². The van der Waals surface area contributed by atoms with Crippen LogP contribution in [0.1, 0.15) is 109 Å². The number of nitrogens with one attached hydrogen (secondary N) is 1. The van der Waals surface area contributed by atoms with Crippen LogP contribution in [0.5, 0.6) is 11.5 Å². The molecular formula is C35H50N4O6. The third-order valence-corrected chi connectivity index (χ3v) is 7.62. The fraction of sp³-hybridized carbons (Fsp3) is 0.571. The van der Waals surface area contributed by atoms with E-state index in [1.54, 1.807) is 4.90 Å². The van der Waals surface area contributed by atoms with Gasteiger partial charge in [0.05, 0.1) is 30.9 Å². The molecule has 4 rings (SSSR count). The van der Waals surface area contributed by atoms with E-state index >= 15 is 0 Å². The third-order valence-electron chi connectivity index (χ3n) is 7.62. The molecule has 0 atom stereocenters. The van der Waals surface area contributed by atoms with Crippen LogP contribution in [0.25, 0.3) is 22.5 Å². The molecule has 1 aliphatic rings. The van der Waals surface area contributed by atoms with E-state index in [-0.39, 0.29) is 23.6 Å². The summed E-state index contributed by atoms with van der Waals surface area (Å²) in [6.07, 6.45) is 5.54. The number of carbonyl (C=O) groups excluding carboxylic acids is 2. The Kier molecular flexibility index (Phi) is 11.2. The Labute approximate surface area is 267 Å². The van der Waals surface area contributed by atoms with Crippen LogP contribution in [-0.2, 0) is 17.8 Å². The number of carbonyl (C=O) groups is 2. The summed E-state index contributed by atoms with van der Waals surface area (Å²) in [4.78, 5) is 27.9. The lowest BCUT2D eigenvalue weighted by atomic mass is 9.94. The van der Waals surface area contributed by atoms with Crippen molar-refractivity contribution in [2.45, 2.75) is 106 Å². The first-order valence-electron chi connectivity index (χ1n) is 16.4. The molecule has 10 heteroatoms. The molecule has 1 aromatic carbocycles. The molecule has 0 unspecified atom stereocenters. The van der Waals surface area contributed by atoms with E-state index in [1.165, 1.54) is 0 Å². The second kappa shape index (κ2) is 14.9. The van der Waals surface area contributed by atoms with Crippen LogP contribution in [-0.4, -0.2) is 58.5 Å². The molecule has 0 spiro atoms. The van der Waals surface area contributed by atoms with E-state index in [0.717, 1.165) is 53.8 Å². The fourth-order valence-corrected chi connectivity index (χ4v) is 5.26. The van der Waals surface area contributed by atoms with Crippen LogP contribution in [0.3, 0.4) is 0 Å². The molecule has 10 nitrogen and oxygen atoms in total. The third kappa shape index (κ3) is 8.21. The Hall–Kier alpha value is -3.95. The van der Waals surface area contributed by atoms with E-state index in [2.05, 4.69) is 48.8 Å². The smallest absolute Gasteiger partial charge is 0.410 e. The monoisotopic (exact) mass is 622 g/mol. The van der Waals surface area contributed by atoms with Gasteiger partial charge in [-0.1, -0.05) is 45.7 Å². The maximum atomic E-state index is 13.3. The van der Waals surface area contributed by atoms with Gasteiger partial charge in [0.2, 0.25) is 0 Å². The largest absolute Gasteiger partial charge is 0.493 e. The lowest BCUT2D eigenvalue weighted by Gasteiger charge is -2.30. The first-order chi connectivity index (χ1) is 21.5. The molecule has 0 saturated carbocycles. The summed E-state index contributed by atoms with van der Waals surface area (Å²) in [5, 5.41) is 7.18. The summed E-state index contributed by atoms with van der Waals surface area (Å²) in [6, 6.07) is 6.01. The molecule has 2 aromatic heterocycles. The second-order valence-electron chi connectivity index (χ2n) is 12.9. The average molecular weight is 623 g/mol. The van der Waals surface area contributed by atoms with Crippen molar-refractivity contribution in [3.8, 4) is 33.9 Å². The zero-order chi connectivity index (χ0) is 32.7. The van der Waals surface area contributed by atoms with E-state index in [4.69, 9.17) is 18.7 Å². The van der Waals surface area contributed by atoms with Crippen molar-refractivity contribution >= 4 is 12.0 Å². The molecule has 0 fully saturated rings. The first kappa shape index (κ1) is 33.9. The minimum absolute atomic E-state index is 0.167. The molecular weight excluding hydrogens is 572 g/mol. The standard InChI is InChI=1S/C35H50N4O6/c1-9-12-16-42-28-20-29(43-17-13-10-2)27(19-26(28)23(4)5)32-30(31(37-45-32)33(40)36-11-3)24-18-25-22-39(15-14-38(25)21-24)34(41)44-35(6,7)8/h18-21,23H,9-17,22H2,1-8H3,(H,36,40). The fourth-order valence-electron chi connectivity index (χ4n) is 5.26. The highest BCUT2D eigenvalue weighted by molar-refractivity contribution is 6.02. The molecule has 0 saturated heterocycles. The molecule has 3 aromatic rings. The quantitative estimate of drug-likeness (QED) is 0.194. The van der Waals surface area contributed by atoms with Crippen LogP contribution in [0.2, 0.25) is 0 Å². The predicted molar refractivity (Wildman–Crippen MR) is 175 cm³/mol. The van der Waals surface area contributed by atoms with Gasteiger partial charge < -0.3 is 33.5 Å². The first-order valence-corrected chi connectivity index (χ1v) is 16.4. The Morgan fingerprint density at radius 1 is 1.00 bits per heavy atom. The summed E-state index contributed by atoms with van der Waals surface area (Å²) in [5.41, 5.74) is 3.66. The van der Waals surface area contributed by atoms with Crippen LogP contribution in [0.15, 0.2) is 28.9 Å². The normalized spacial score (nSPS) is 13.1. The van der Waals surface area contributed by atoms with Gasteiger partial charge in [0.25, 0.3) is 5.91 Å². The van der Waals surface area contributed by atoms with Gasteiger partial charge >= 0.3 is 6.09 Å². The van der Waals surface area contributed by atoms with Gasteiger partial charge in [-0.25, -0.2) is 4.79 Å². The maximum absolute atomic E-state index is 13.3. The van der Waals surface area contributed by atoms with Crippen LogP contribution in [0.4, 0.5) is 4.79 Å². The van der Waals surface area contributed by atoms with E-state index in [1.807, 2.05) is 46.0 Å². The molecule has 2 amide bonds. The molecule has 3 heterocycles.